The second kappa shape index (κ2) is 7.25. The zero-order valence-electron chi connectivity index (χ0n) is 13.0. The number of hydrogen-bond acceptors (Lipinski definition) is 4. The van der Waals surface area contributed by atoms with Crippen molar-refractivity contribution in [3.63, 3.8) is 0 Å². The van der Waals surface area contributed by atoms with Crippen molar-refractivity contribution in [3.8, 4) is 0 Å². The maximum absolute atomic E-state index is 5.96. The molecule has 4 heteroatoms. The molecule has 0 aromatic heterocycles. The molecule has 0 unspecified atom stereocenters. The summed E-state index contributed by atoms with van der Waals surface area (Å²) < 4.78 is 0. The van der Waals surface area contributed by atoms with E-state index in [2.05, 4.69) is 45.0 Å². The Balaban J connectivity index is 1.38. The van der Waals surface area contributed by atoms with E-state index in [0.29, 0.717) is 6.04 Å². The normalized spacial score (nSPS) is 22.6. The standard InChI is InChI=1S/C17H28N4/c18-16-6-8-19(9-7-16)10-11-20-12-14-21(15-13-20)17-4-2-1-3-5-17/h1-5,16H,6-15,18H2. The number of para-hydroxylation sites is 1. The number of piperazine rings is 1. The number of piperidine rings is 1. The Hall–Kier alpha value is -1.10. The Labute approximate surface area is 128 Å². The molecule has 1 aromatic rings. The molecule has 3 rings (SSSR count). The van der Waals surface area contributed by atoms with Gasteiger partial charge in [0, 0.05) is 51.0 Å². The number of benzene rings is 1. The van der Waals surface area contributed by atoms with Crippen molar-refractivity contribution in [1.82, 2.24) is 9.80 Å². The molecule has 0 atom stereocenters. The highest BCUT2D eigenvalue weighted by atomic mass is 15.3. The molecule has 4 nitrogen and oxygen atoms in total. The summed E-state index contributed by atoms with van der Waals surface area (Å²) in [4.78, 5) is 7.68. The maximum Gasteiger partial charge on any atom is 0.0367 e. The first-order valence-corrected chi connectivity index (χ1v) is 8.31. The van der Waals surface area contributed by atoms with Crippen LogP contribution < -0.4 is 10.6 Å². The van der Waals surface area contributed by atoms with Crippen molar-refractivity contribution in [1.29, 1.82) is 0 Å². The molecule has 2 heterocycles. The Morgan fingerprint density at radius 3 is 2.00 bits per heavy atom. The number of rotatable bonds is 4. The first-order chi connectivity index (χ1) is 10.3. The van der Waals surface area contributed by atoms with Gasteiger partial charge in [0.1, 0.15) is 0 Å². The van der Waals surface area contributed by atoms with Crippen LogP contribution in [-0.4, -0.2) is 68.2 Å². The molecule has 116 valence electrons. The molecule has 21 heavy (non-hydrogen) atoms. The third kappa shape index (κ3) is 4.19. The summed E-state index contributed by atoms with van der Waals surface area (Å²) in [5, 5.41) is 0. The van der Waals surface area contributed by atoms with Crippen LogP contribution >= 0.6 is 0 Å². The Morgan fingerprint density at radius 2 is 1.38 bits per heavy atom. The van der Waals surface area contributed by atoms with Gasteiger partial charge in [-0.3, -0.25) is 4.90 Å². The fourth-order valence-electron chi connectivity index (χ4n) is 3.33. The van der Waals surface area contributed by atoms with Gasteiger partial charge in [0.05, 0.1) is 0 Å². The molecular weight excluding hydrogens is 260 g/mol. The second-order valence-corrected chi connectivity index (χ2v) is 6.34. The quantitative estimate of drug-likeness (QED) is 0.904. The SMILES string of the molecule is NC1CCN(CCN2CCN(c3ccccc3)CC2)CC1. The van der Waals surface area contributed by atoms with Crippen molar-refractivity contribution in [2.24, 2.45) is 5.73 Å². The molecular formula is C17H28N4. The van der Waals surface area contributed by atoms with Crippen LogP contribution in [-0.2, 0) is 0 Å². The number of anilines is 1. The van der Waals surface area contributed by atoms with Gasteiger partial charge in [-0.25, -0.2) is 0 Å². The monoisotopic (exact) mass is 288 g/mol. The van der Waals surface area contributed by atoms with E-state index in [1.807, 2.05) is 0 Å². The molecule has 0 bridgehead atoms. The molecule has 0 amide bonds. The van der Waals surface area contributed by atoms with E-state index < -0.39 is 0 Å². The number of likely N-dealkylation sites (tertiary alicyclic amines) is 1. The van der Waals surface area contributed by atoms with Gasteiger partial charge in [-0.15, -0.1) is 0 Å². The Morgan fingerprint density at radius 1 is 0.810 bits per heavy atom. The Bertz CT molecular complexity index is 406. The minimum Gasteiger partial charge on any atom is -0.369 e. The third-order valence-electron chi connectivity index (χ3n) is 4.86. The molecule has 0 saturated carbocycles. The summed E-state index contributed by atoms with van der Waals surface area (Å²) in [6, 6.07) is 11.2. The number of nitrogens with zero attached hydrogens (tertiary/aromatic N) is 3. The van der Waals surface area contributed by atoms with Crippen LogP contribution in [0.4, 0.5) is 5.69 Å². The molecule has 2 fully saturated rings. The molecule has 0 radical (unpaired) electrons. The smallest absolute Gasteiger partial charge is 0.0367 e. The largest absolute Gasteiger partial charge is 0.369 e. The van der Waals surface area contributed by atoms with Gasteiger partial charge in [-0.05, 0) is 38.1 Å². The van der Waals surface area contributed by atoms with E-state index in [1.165, 1.54) is 57.8 Å². The first-order valence-electron chi connectivity index (χ1n) is 8.31. The summed E-state index contributed by atoms with van der Waals surface area (Å²) in [5.41, 5.74) is 7.33. The highest BCUT2D eigenvalue weighted by molar-refractivity contribution is 5.46. The third-order valence-corrected chi connectivity index (χ3v) is 4.86. The summed E-state index contributed by atoms with van der Waals surface area (Å²) in [5.74, 6) is 0. The van der Waals surface area contributed by atoms with Crippen LogP contribution in [0.15, 0.2) is 30.3 Å². The van der Waals surface area contributed by atoms with Crippen LogP contribution in [0, 0.1) is 0 Å². The topological polar surface area (TPSA) is 35.7 Å². The molecule has 1 aromatic carbocycles. The average Bonchev–Trinajstić information content (AvgIpc) is 2.56. The fraction of sp³-hybridized carbons (Fsp3) is 0.647. The molecule has 2 N–H and O–H groups in total. The van der Waals surface area contributed by atoms with Crippen LogP contribution in [0.3, 0.4) is 0 Å². The number of hydrogen-bond donors (Lipinski definition) is 1. The minimum atomic E-state index is 0.440. The van der Waals surface area contributed by atoms with Crippen molar-refractivity contribution >= 4 is 5.69 Å². The van der Waals surface area contributed by atoms with E-state index in [-0.39, 0.29) is 0 Å². The van der Waals surface area contributed by atoms with Gasteiger partial charge in [0.25, 0.3) is 0 Å². The van der Waals surface area contributed by atoms with Crippen molar-refractivity contribution in [3.05, 3.63) is 30.3 Å². The zero-order valence-corrected chi connectivity index (χ0v) is 13.0. The first kappa shape index (κ1) is 14.8. The van der Waals surface area contributed by atoms with Crippen molar-refractivity contribution in [2.75, 3.05) is 57.3 Å². The van der Waals surface area contributed by atoms with Crippen LogP contribution in [0.5, 0.6) is 0 Å². The predicted octanol–water partition coefficient (Wildman–Crippen LogP) is 1.23. The van der Waals surface area contributed by atoms with Gasteiger partial charge in [0.2, 0.25) is 0 Å². The lowest BCUT2D eigenvalue weighted by atomic mass is 10.1. The van der Waals surface area contributed by atoms with E-state index in [4.69, 9.17) is 5.73 Å². The van der Waals surface area contributed by atoms with Crippen molar-refractivity contribution in [2.45, 2.75) is 18.9 Å². The highest BCUT2D eigenvalue weighted by Gasteiger charge is 2.19. The van der Waals surface area contributed by atoms with Gasteiger partial charge >= 0.3 is 0 Å². The van der Waals surface area contributed by atoms with Gasteiger partial charge in [-0.2, -0.15) is 0 Å². The van der Waals surface area contributed by atoms with E-state index in [1.54, 1.807) is 0 Å². The van der Waals surface area contributed by atoms with Crippen LogP contribution in [0.1, 0.15) is 12.8 Å². The highest BCUT2D eigenvalue weighted by Crippen LogP contribution is 2.15. The lowest BCUT2D eigenvalue weighted by molar-refractivity contribution is 0.169. The fourth-order valence-corrected chi connectivity index (χ4v) is 3.33. The van der Waals surface area contributed by atoms with E-state index >= 15 is 0 Å². The molecule has 2 saturated heterocycles. The molecule has 2 aliphatic rings. The maximum atomic E-state index is 5.96. The van der Waals surface area contributed by atoms with Crippen molar-refractivity contribution < 1.29 is 0 Å². The average molecular weight is 288 g/mol. The zero-order chi connectivity index (χ0) is 14.5. The van der Waals surface area contributed by atoms with E-state index in [0.717, 1.165) is 13.1 Å². The summed E-state index contributed by atoms with van der Waals surface area (Å²) in [6.45, 7) is 9.44. The molecule has 0 aliphatic carbocycles. The lowest BCUT2D eigenvalue weighted by Crippen LogP contribution is -2.49. The summed E-state index contributed by atoms with van der Waals surface area (Å²) >= 11 is 0. The van der Waals surface area contributed by atoms with Crippen LogP contribution in [0.25, 0.3) is 0 Å². The van der Waals surface area contributed by atoms with Gasteiger partial charge in [0.15, 0.2) is 0 Å². The van der Waals surface area contributed by atoms with Crippen LogP contribution in [0.2, 0.25) is 0 Å². The van der Waals surface area contributed by atoms with Gasteiger partial charge < -0.3 is 15.5 Å². The minimum absolute atomic E-state index is 0.440. The predicted molar refractivity (Wildman–Crippen MR) is 88.7 cm³/mol. The molecule has 0 spiro atoms. The van der Waals surface area contributed by atoms with E-state index in [9.17, 15) is 0 Å². The Kier molecular flexibility index (Phi) is 5.12. The molecule has 2 aliphatic heterocycles. The number of nitrogens with two attached hydrogens (primary N) is 1. The lowest BCUT2D eigenvalue weighted by Gasteiger charge is -2.38. The second-order valence-electron chi connectivity index (χ2n) is 6.34. The van der Waals surface area contributed by atoms with Gasteiger partial charge in [-0.1, -0.05) is 18.2 Å². The summed E-state index contributed by atoms with van der Waals surface area (Å²) in [6.07, 6.45) is 2.34. The summed E-state index contributed by atoms with van der Waals surface area (Å²) in [7, 11) is 0.